The molecule has 1 saturated heterocycles. The molecule has 1 saturated carbocycles. The topological polar surface area (TPSA) is 80.2 Å². The molecule has 0 radical (unpaired) electrons. The molecule has 7 nitrogen and oxygen atoms in total. The molecule has 4 rings (SSSR count). The number of anilines is 1. The minimum Gasteiger partial charge on any atom is -0.388 e. The zero-order valence-electron chi connectivity index (χ0n) is 15.1. The van der Waals surface area contributed by atoms with Gasteiger partial charge in [-0.25, -0.2) is 9.97 Å². The van der Waals surface area contributed by atoms with Gasteiger partial charge in [0.25, 0.3) is 5.91 Å². The second kappa shape index (κ2) is 6.99. The third-order valence-electron chi connectivity index (χ3n) is 4.81. The number of morpholine rings is 1. The summed E-state index contributed by atoms with van der Waals surface area (Å²) in [5, 5.41) is 3.13. The number of carbonyl (C=O) groups is 1. The summed E-state index contributed by atoms with van der Waals surface area (Å²) in [7, 11) is 1.88. The fraction of sp³-hybridized carbons (Fsp3) is 0.474. The maximum absolute atomic E-state index is 12.8. The minimum absolute atomic E-state index is 0.0536. The molecule has 2 aromatic heterocycles. The van der Waals surface area contributed by atoms with Gasteiger partial charge in [0.2, 0.25) is 0 Å². The molecule has 136 valence electrons. The van der Waals surface area contributed by atoms with E-state index in [-0.39, 0.29) is 12.0 Å². The first kappa shape index (κ1) is 16.9. The molecule has 1 unspecified atom stereocenters. The molecular weight excluding hydrogens is 330 g/mol. The van der Waals surface area contributed by atoms with E-state index in [0.717, 1.165) is 35.7 Å². The summed E-state index contributed by atoms with van der Waals surface area (Å²) in [6, 6.07) is 3.95. The van der Waals surface area contributed by atoms with Gasteiger partial charge in [0, 0.05) is 43.3 Å². The second-order valence-corrected chi connectivity index (χ2v) is 6.89. The summed E-state index contributed by atoms with van der Waals surface area (Å²) in [4.78, 5) is 27.9. The Morgan fingerprint density at radius 2 is 2.04 bits per heavy atom. The molecule has 1 aliphatic carbocycles. The number of nitrogens with one attached hydrogen (secondary N) is 1. The van der Waals surface area contributed by atoms with E-state index in [0.29, 0.717) is 31.2 Å². The Bertz CT molecular complexity index is 804. The maximum Gasteiger partial charge on any atom is 0.257 e. The number of carbonyl (C=O) groups excluding carboxylic acids is 1. The third-order valence-corrected chi connectivity index (χ3v) is 4.81. The summed E-state index contributed by atoms with van der Waals surface area (Å²) in [6.45, 7) is 3.48. The van der Waals surface area contributed by atoms with Gasteiger partial charge in [-0.05, 0) is 31.9 Å². The molecule has 3 heterocycles. The molecule has 1 amide bonds. The number of aromatic nitrogens is 3. The van der Waals surface area contributed by atoms with Gasteiger partial charge in [-0.2, -0.15) is 0 Å². The lowest BCUT2D eigenvalue weighted by molar-refractivity contribution is -0.0247. The highest BCUT2D eigenvalue weighted by atomic mass is 16.5. The van der Waals surface area contributed by atoms with Crippen LogP contribution in [-0.4, -0.2) is 52.5 Å². The van der Waals surface area contributed by atoms with Crippen LogP contribution in [0.2, 0.25) is 0 Å². The van der Waals surface area contributed by atoms with E-state index in [1.165, 1.54) is 0 Å². The van der Waals surface area contributed by atoms with Gasteiger partial charge in [-0.15, -0.1) is 0 Å². The van der Waals surface area contributed by atoms with Gasteiger partial charge in [0.05, 0.1) is 24.4 Å². The number of hydrogen-bond acceptors (Lipinski definition) is 6. The Labute approximate surface area is 152 Å². The molecule has 2 aliphatic rings. The first-order valence-electron chi connectivity index (χ1n) is 9.03. The number of ether oxygens (including phenoxy) is 1. The van der Waals surface area contributed by atoms with Crippen molar-refractivity contribution in [3.8, 4) is 0 Å². The van der Waals surface area contributed by atoms with E-state index in [9.17, 15) is 4.79 Å². The van der Waals surface area contributed by atoms with Gasteiger partial charge in [-0.1, -0.05) is 0 Å². The van der Waals surface area contributed by atoms with Gasteiger partial charge in [0.1, 0.15) is 11.9 Å². The van der Waals surface area contributed by atoms with Crippen LogP contribution >= 0.6 is 0 Å². The Hall–Kier alpha value is -2.54. The van der Waals surface area contributed by atoms with Crippen molar-refractivity contribution in [2.45, 2.75) is 31.8 Å². The van der Waals surface area contributed by atoms with Crippen molar-refractivity contribution in [3.63, 3.8) is 0 Å². The highest BCUT2D eigenvalue weighted by Crippen LogP contribution is 2.37. The van der Waals surface area contributed by atoms with Crippen molar-refractivity contribution >= 4 is 11.6 Å². The van der Waals surface area contributed by atoms with Crippen LogP contribution in [0.3, 0.4) is 0 Å². The summed E-state index contributed by atoms with van der Waals surface area (Å²) < 4.78 is 5.88. The number of hydrogen-bond donors (Lipinski definition) is 1. The van der Waals surface area contributed by atoms with Crippen LogP contribution in [0.15, 0.2) is 24.5 Å². The van der Waals surface area contributed by atoms with Crippen LogP contribution in [0.4, 0.5) is 5.69 Å². The average molecular weight is 353 g/mol. The van der Waals surface area contributed by atoms with Crippen molar-refractivity contribution in [2.75, 3.05) is 32.1 Å². The molecule has 1 atom stereocenters. The van der Waals surface area contributed by atoms with Gasteiger partial charge in [-0.3, -0.25) is 9.78 Å². The summed E-state index contributed by atoms with van der Waals surface area (Å²) >= 11 is 0. The van der Waals surface area contributed by atoms with E-state index in [1.807, 2.05) is 26.1 Å². The van der Waals surface area contributed by atoms with Crippen molar-refractivity contribution in [1.82, 2.24) is 19.9 Å². The van der Waals surface area contributed by atoms with Crippen LogP contribution in [0.25, 0.3) is 0 Å². The SMILES string of the molecule is CNc1cc(C)nc(C2CN(C(=O)c3cnc(C4CC4)nc3)CCO2)c1. The molecule has 7 heteroatoms. The van der Waals surface area contributed by atoms with Crippen LogP contribution < -0.4 is 5.32 Å². The number of amides is 1. The fourth-order valence-corrected chi connectivity index (χ4v) is 3.20. The number of pyridine rings is 1. The quantitative estimate of drug-likeness (QED) is 0.909. The van der Waals surface area contributed by atoms with Crippen molar-refractivity contribution in [1.29, 1.82) is 0 Å². The lowest BCUT2D eigenvalue weighted by Gasteiger charge is -2.33. The van der Waals surface area contributed by atoms with Crippen molar-refractivity contribution in [3.05, 3.63) is 47.3 Å². The average Bonchev–Trinajstić information content (AvgIpc) is 3.52. The largest absolute Gasteiger partial charge is 0.388 e. The Morgan fingerprint density at radius 1 is 1.27 bits per heavy atom. The van der Waals surface area contributed by atoms with Crippen molar-refractivity contribution in [2.24, 2.45) is 0 Å². The van der Waals surface area contributed by atoms with Crippen LogP contribution in [-0.2, 0) is 4.74 Å². The summed E-state index contributed by atoms with van der Waals surface area (Å²) in [6.07, 6.45) is 5.37. The normalized spacial score (nSPS) is 20.1. The highest BCUT2D eigenvalue weighted by Gasteiger charge is 2.29. The molecule has 1 aliphatic heterocycles. The van der Waals surface area contributed by atoms with Gasteiger partial charge < -0.3 is 15.0 Å². The fourth-order valence-electron chi connectivity index (χ4n) is 3.20. The van der Waals surface area contributed by atoms with E-state index in [2.05, 4.69) is 20.3 Å². The maximum atomic E-state index is 12.8. The minimum atomic E-state index is -0.230. The molecule has 26 heavy (non-hydrogen) atoms. The summed E-state index contributed by atoms with van der Waals surface area (Å²) in [5.74, 6) is 1.28. The first-order chi connectivity index (χ1) is 12.6. The Balaban J connectivity index is 1.49. The monoisotopic (exact) mass is 353 g/mol. The second-order valence-electron chi connectivity index (χ2n) is 6.89. The molecular formula is C19H23N5O2. The first-order valence-corrected chi connectivity index (χ1v) is 9.03. The predicted octanol–water partition coefficient (Wildman–Crippen LogP) is 2.31. The third kappa shape index (κ3) is 3.53. The van der Waals surface area contributed by atoms with Crippen LogP contribution in [0, 0.1) is 6.92 Å². The zero-order chi connectivity index (χ0) is 18.1. The van der Waals surface area contributed by atoms with E-state index in [1.54, 1.807) is 17.3 Å². The van der Waals surface area contributed by atoms with Gasteiger partial charge in [0.15, 0.2) is 0 Å². The number of rotatable bonds is 4. The predicted molar refractivity (Wildman–Crippen MR) is 97.1 cm³/mol. The van der Waals surface area contributed by atoms with Crippen molar-refractivity contribution < 1.29 is 9.53 Å². The van der Waals surface area contributed by atoms with Gasteiger partial charge >= 0.3 is 0 Å². The Kier molecular flexibility index (Phi) is 4.55. The lowest BCUT2D eigenvalue weighted by atomic mass is 10.1. The summed E-state index contributed by atoms with van der Waals surface area (Å²) in [5.41, 5.74) is 3.28. The standard InChI is InChI=1S/C19H23N5O2/c1-12-7-15(20-2)8-16(23-12)17-11-24(5-6-26-17)19(25)14-9-21-18(22-10-14)13-3-4-13/h7-10,13,17H,3-6,11H2,1-2H3,(H,20,23). The lowest BCUT2D eigenvalue weighted by Crippen LogP contribution is -2.42. The molecule has 0 spiro atoms. The molecule has 1 N–H and O–H groups in total. The van der Waals surface area contributed by atoms with E-state index >= 15 is 0 Å². The van der Waals surface area contributed by atoms with Crippen LogP contribution in [0.5, 0.6) is 0 Å². The number of aryl methyl sites for hydroxylation is 1. The Morgan fingerprint density at radius 3 is 2.73 bits per heavy atom. The van der Waals surface area contributed by atoms with Crippen LogP contribution in [0.1, 0.15) is 52.4 Å². The zero-order valence-corrected chi connectivity index (χ0v) is 15.1. The smallest absolute Gasteiger partial charge is 0.257 e. The number of nitrogens with zero attached hydrogens (tertiary/aromatic N) is 4. The van der Waals surface area contributed by atoms with E-state index in [4.69, 9.17) is 4.74 Å². The molecule has 2 fully saturated rings. The van der Waals surface area contributed by atoms with E-state index < -0.39 is 0 Å². The highest BCUT2D eigenvalue weighted by molar-refractivity contribution is 5.93. The molecule has 0 aromatic carbocycles. The molecule has 0 bridgehead atoms. The molecule has 2 aromatic rings.